The van der Waals surface area contributed by atoms with Crippen molar-refractivity contribution in [2.45, 2.75) is 37.8 Å². The highest BCUT2D eigenvalue weighted by Crippen LogP contribution is 2.38. The topological polar surface area (TPSA) is 97.8 Å². The lowest BCUT2D eigenvalue weighted by atomic mass is 9.92. The number of nitrogens with zero attached hydrogens (tertiary/aromatic N) is 1. The molecule has 0 saturated heterocycles. The van der Waals surface area contributed by atoms with Gasteiger partial charge in [0.05, 0.1) is 6.20 Å². The van der Waals surface area contributed by atoms with Gasteiger partial charge in [-0.2, -0.15) is 0 Å². The average Bonchev–Trinajstić information content (AvgIpc) is 3.38. The van der Waals surface area contributed by atoms with Crippen LogP contribution in [0.25, 0.3) is 0 Å². The maximum absolute atomic E-state index is 12.9. The molecule has 0 saturated carbocycles. The third-order valence-corrected chi connectivity index (χ3v) is 7.20. The molecule has 37 heavy (non-hydrogen) atoms. The fourth-order valence-electron chi connectivity index (χ4n) is 4.33. The van der Waals surface area contributed by atoms with E-state index in [-0.39, 0.29) is 17.4 Å². The van der Waals surface area contributed by atoms with Crippen LogP contribution in [0.2, 0.25) is 0 Å². The van der Waals surface area contributed by atoms with E-state index in [1.54, 1.807) is 0 Å². The van der Waals surface area contributed by atoms with Crippen molar-refractivity contribution in [1.29, 1.82) is 0 Å². The molecule has 3 aromatic carbocycles. The zero-order valence-electron chi connectivity index (χ0n) is 20.2. The Morgan fingerprint density at radius 3 is 2.57 bits per heavy atom. The Morgan fingerprint density at radius 1 is 1.11 bits per heavy atom. The number of hydrogen-bond donors (Lipinski definition) is 2. The van der Waals surface area contributed by atoms with E-state index in [2.05, 4.69) is 22.4 Å². The van der Waals surface area contributed by atoms with Crippen molar-refractivity contribution in [3.8, 4) is 16.7 Å². The molecule has 2 atom stereocenters. The van der Waals surface area contributed by atoms with E-state index < -0.39 is 17.4 Å². The number of carbonyl (C=O) groups excluding carboxylic acids is 1. The van der Waals surface area contributed by atoms with Gasteiger partial charge in [0, 0.05) is 6.42 Å². The van der Waals surface area contributed by atoms with Crippen LogP contribution in [0.1, 0.15) is 45.8 Å². The summed E-state index contributed by atoms with van der Waals surface area (Å²) in [6.07, 6.45) is 3.30. The molecule has 188 valence electrons. The summed E-state index contributed by atoms with van der Waals surface area (Å²) in [5, 5.41) is 12.8. The number of aliphatic carboxylic acids is 1. The van der Waals surface area contributed by atoms with E-state index >= 15 is 0 Å². The molecular formula is C29H26N2O5S. The smallest absolute Gasteiger partial charge is 0.329 e. The number of carboxylic acid groups (broad SMARTS) is 1. The number of benzene rings is 3. The van der Waals surface area contributed by atoms with Gasteiger partial charge in [0.1, 0.15) is 28.0 Å². The lowest BCUT2D eigenvalue weighted by Gasteiger charge is -2.26. The molecule has 0 radical (unpaired) electrons. The molecule has 4 aromatic rings. The Balaban J connectivity index is 1.24. The maximum atomic E-state index is 12.9. The molecule has 2 N–H and O–H groups in total. The molecular weight excluding hydrogens is 488 g/mol. The van der Waals surface area contributed by atoms with E-state index in [0.717, 1.165) is 46.6 Å². The molecule has 0 fully saturated rings. The minimum absolute atomic E-state index is 0.0267. The summed E-state index contributed by atoms with van der Waals surface area (Å²) in [5.74, 6) is -0.199. The van der Waals surface area contributed by atoms with Gasteiger partial charge in [-0.3, -0.25) is 4.79 Å². The van der Waals surface area contributed by atoms with Gasteiger partial charge in [0.2, 0.25) is 0 Å². The van der Waals surface area contributed by atoms with Crippen molar-refractivity contribution < 1.29 is 24.2 Å². The molecule has 0 bridgehead atoms. The monoisotopic (exact) mass is 514 g/mol. The Labute approximate surface area is 218 Å². The van der Waals surface area contributed by atoms with Crippen LogP contribution in [-0.2, 0) is 17.6 Å². The summed E-state index contributed by atoms with van der Waals surface area (Å²) < 4.78 is 12.1. The lowest BCUT2D eigenvalue weighted by molar-refractivity contribution is -0.143. The summed E-state index contributed by atoms with van der Waals surface area (Å²) in [5.41, 5.74) is 1.55. The molecule has 1 aliphatic heterocycles. The van der Waals surface area contributed by atoms with Crippen molar-refractivity contribution in [1.82, 2.24) is 10.3 Å². The van der Waals surface area contributed by atoms with Gasteiger partial charge in [-0.1, -0.05) is 72.0 Å². The number of carboxylic acids is 1. The van der Waals surface area contributed by atoms with Gasteiger partial charge in [0.15, 0.2) is 0 Å². The summed E-state index contributed by atoms with van der Waals surface area (Å²) in [6, 6.07) is 25.0. The summed E-state index contributed by atoms with van der Waals surface area (Å²) in [4.78, 5) is 29.4. The minimum atomic E-state index is -1.47. The zero-order valence-corrected chi connectivity index (χ0v) is 21.0. The normalized spacial score (nSPS) is 16.1. The number of carbonyl (C=O) groups is 2. The van der Waals surface area contributed by atoms with E-state index in [9.17, 15) is 14.7 Å². The number of amides is 1. The number of hydrogen-bond acceptors (Lipinski definition) is 6. The van der Waals surface area contributed by atoms with E-state index in [1.165, 1.54) is 13.1 Å². The number of aryl methyl sites for hydroxylation is 1. The van der Waals surface area contributed by atoms with Crippen LogP contribution >= 0.6 is 11.3 Å². The molecule has 0 aliphatic carbocycles. The second-order valence-electron chi connectivity index (χ2n) is 9.17. The Kier molecular flexibility index (Phi) is 6.92. The standard InChI is InChI=1S/C29H26N2O5S/c1-29(27(33)34,17-19-8-4-2-5-9-19)31-26(32)25-18-30-28(37-25)35-22-13-15-24-21(16-22)12-14-23(36-24)20-10-6-3-7-11-20/h2-11,13,15-16,18,23H,12,14,17H2,1H3,(H,31,32)(H,33,34)/t23-,29?/m0/s1. The Hall–Kier alpha value is -4.17. The van der Waals surface area contributed by atoms with Crippen molar-refractivity contribution in [3.05, 3.63) is 107 Å². The number of ether oxygens (including phenoxy) is 2. The predicted octanol–water partition coefficient (Wildman–Crippen LogP) is 5.82. The first-order valence-corrected chi connectivity index (χ1v) is 12.8. The summed E-state index contributed by atoms with van der Waals surface area (Å²) in [7, 11) is 0. The summed E-state index contributed by atoms with van der Waals surface area (Å²) in [6.45, 7) is 1.50. The number of nitrogens with one attached hydrogen (secondary N) is 1. The minimum Gasteiger partial charge on any atom is -0.485 e. The van der Waals surface area contributed by atoms with Crippen LogP contribution in [0, 0.1) is 0 Å². The van der Waals surface area contributed by atoms with Crippen LogP contribution in [0.15, 0.2) is 85.1 Å². The molecule has 5 rings (SSSR count). The van der Waals surface area contributed by atoms with Gasteiger partial charge in [-0.25, -0.2) is 9.78 Å². The molecule has 2 heterocycles. The first kappa shape index (κ1) is 24.5. The SMILES string of the molecule is CC(Cc1ccccc1)(NC(=O)c1cnc(Oc2ccc3c(c2)CC[C@@H](c2ccccc2)O3)s1)C(=O)O. The number of rotatable bonds is 8. The average molecular weight is 515 g/mol. The van der Waals surface area contributed by atoms with Crippen LogP contribution < -0.4 is 14.8 Å². The number of aromatic nitrogens is 1. The lowest BCUT2D eigenvalue weighted by Crippen LogP contribution is -2.53. The molecule has 0 spiro atoms. The fourth-order valence-corrected chi connectivity index (χ4v) is 5.01. The first-order valence-electron chi connectivity index (χ1n) is 12.0. The second-order valence-corrected chi connectivity index (χ2v) is 10.2. The number of thiazole rings is 1. The first-order chi connectivity index (χ1) is 17.9. The molecule has 1 unspecified atom stereocenters. The third-order valence-electron chi connectivity index (χ3n) is 6.32. The third kappa shape index (κ3) is 5.65. The van der Waals surface area contributed by atoms with Crippen LogP contribution in [0.5, 0.6) is 16.7 Å². The maximum Gasteiger partial charge on any atom is 0.329 e. The van der Waals surface area contributed by atoms with Crippen LogP contribution in [-0.4, -0.2) is 27.5 Å². The zero-order chi connectivity index (χ0) is 25.8. The van der Waals surface area contributed by atoms with E-state index in [1.807, 2.05) is 66.7 Å². The predicted molar refractivity (Wildman–Crippen MR) is 140 cm³/mol. The largest absolute Gasteiger partial charge is 0.485 e. The Morgan fingerprint density at radius 2 is 1.84 bits per heavy atom. The molecule has 1 aliphatic rings. The molecule has 1 amide bonds. The van der Waals surface area contributed by atoms with Gasteiger partial charge in [-0.05, 0) is 54.7 Å². The van der Waals surface area contributed by atoms with Crippen LogP contribution in [0.3, 0.4) is 0 Å². The number of fused-ring (bicyclic) bond motifs is 1. The quantitative estimate of drug-likeness (QED) is 0.308. The van der Waals surface area contributed by atoms with Gasteiger partial charge in [-0.15, -0.1) is 0 Å². The summed E-state index contributed by atoms with van der Waals surface area (Å²) >= 11 is 1.06. The van der Waals surface area contributed by atoms with E-state index in [4.69, 9.17) is 9.47 Å². The van der Waals surface area contributed by atoms with Crippen molar-refractivity contribution in [2.24, 2.45) is 0 Å². The van der Waals surface area contributed by atoms with Crippen LogP contribution in [0.4, 0.5) is 0 Å². The second kappa shape index (κ2) is 10.4. The van der Waals surface area contributed by atoms with Crippen molar-refractivity contribution >= 4 is 23.2 Å². The highest BCUT2D eigenvalue weighted by molar-refractivity contribution is 7.15. The van der Waals surface area contributed by atoms with E-state index in [0.29, 0.717) is 10.9 Å². The highest BCUT2D eigenvalue weighted by atomic mass is 32.1. The Bertz CT molecular complexity index is 1410. The van der Waals surface area contributed by atoms with Gasteiger partial charge >= 0.3 is 5.97 Å². The molecule has 1 aromatic heterocycles. The fraction of sp³-hybridized carbons (Fsp3) is 0.207. The van der Waals surface area contributed by atoms with Crippen molar-refractivity contribution in [3.63, 3.8) is 0 Å². The molecule has 7 nitrogen and oxygen atoms in total. The van der Waals surface area contributed by atoms with Gasteiger partial charge < -0.3 is 19.9 Å². The highest BCUT2D eigenvalue weighted by Gasteiger charge is 2.36. The van der Waals surface area contributed by atoms with Gasteiger partial charge in [0.25, 0.3) is 11.1 Å². The molecule has 8 heteroatoms. The van der Waals surface area contributed by atoms with Crippen molar-refractivity contribution in [2.75, 3.05) is 0 Å².